The third kappa shape index (κ3) is 1.90. The average Bonchev–Trinajstić information content (AvgIpc) is 2.74. The molecule has 2 unspecified atom stereocenters. The van der Waals surface area contributed by atoms with Crippen molar-refractivity contribution in [3.05, 3.63) is 15.6 Å². The van der Waals surface area contributed by atoms with E-state index in [0.29, 0.717) is 5.92 Å². The van der Waals surface area contributed by atoms with Crippen molar-refractivity contribution in [3.8, 4) is 0 Å². The molecule has 0 radical (unpaired) electrons. The Morgan fingerprint density at radius 1 is 1.62 bits per heavy atom. The second kappa shape index (κ2) is 4.43. The lowest BCUT2D eigenvalue weighted by molar-refractivity contribution is 0.407. The van der Waals surface area contributed by atoms with Gasteiger partial charge in [0.2, 0.25) is 0 Å². The molecule has 90 valence electrons. The Bertz CT molecular complexity index is 374. The van der Waals surface area contributed by atoms with Crippen molar-refractivity contribution < 1.29 is 0 Å². The van der Waals surface area contributed by atoms with Crippen LogP contribution < -0.4 is 10.6 Å². The van der Waals surface area contributed by atoms with Gasteiger partial charge in [0.05, 0.1) is 10.7 Å². The second-order valence-corrected chi connectivity index (χ2v) is 6.19. The summed E-state index contributed by atoms with van der Waals surface area (Å²) < 4.78 is 0. The van der Waals surface area contributed by atoms with Gasteiger partial charge in [-0.1, -0.05) is 13.8 Å². The van der Waals surface area contributed by atoms with Crippen LogP contribution in [-0.4, -0.2) is 25.1 Å². The fourth-order valence-corrected chi connectivity index (χ4v) is 3.65. The number of hydrogen-bond donors (Lipinski definition) is 2. The van der Waals surface area contributed by atoms with Crippen LogP contribution in [-0.2, 0) is 12.0 Å². The first-order chi connectivity index (χ1) is 7.58. The first-order valence-electron chi connectivity index (χ1n) is 5.90. The van der Waals surface area contributed by atoms with E-state index in [1.54, 1.807) is 0 Å². The van der Waals surface area contributed by atoms with Crippen LogP contribution in [0.25, 0.3) is 0 Å². The molecule has 0 bridgehead atoms. The normalized spacial score (nSPS) is 29.9. The van der Waals surface area contributed by atoms with Gasteiger partial charge in [-0.15, -0.1) is 11.3 Å². The third-order valence-corrected chi connectivity index (χ3v) is 4.99. The van der Waals surface area contributed by atoms with E-state index in [2.05, 4.69) is 36.4 Å². The SMILES string of the molecule is CNCc1nc(C)sc1C1(C)CNCC1C. The van der Waals surface area contributed by atoms with Crippen LogP contribution in [0, 0.1) is 12.8 Å². The molecule has 0 spiro atoms. The number of thiazole rings is 1. The summed E-state index contributed by atoms with van der Waals surface area (Å²) in [5, 5.41) is 7.90. The van der Waals surface area contributed by atoms with Crippen LogP contribution in [0.5, 0.6) is 0 Å². The molecular formula is C12H21N3S. The zero-order chi connectivity index (χ0) is 11.8. The van der Waals surface area contributed by atoms with Crippen LogP contribution >= 0.6 is 11.3 Å². The zero-order valence-electron chi connectivity index (χ0n) is 10.6. The van der Waals surface area contributed by atoms with E-state index in [1.807, 2.05) is 18.4 Å². The summed E-state index contributed by atoms with van der Waals surface area (Å²) in [7, 11) is 1.98. The second-order valence-electron chi connectivity index (χ2n) is 4.99. The lowest BCUT2D eigenvalue weighted by Gasteiger charge is -2.27. The summed E-state index contributed by atoms with van der Waals surface area (Å²) in [5.41, 5.74) is 1.50. The van der Waals surface area contributed by atoms with Gasteiger partial charge in [0, 0.05) is 23.4 Å². The molecule has 2 atom stereocenters. The first kappa shape index (κ1) is 12.0. The summed E-state index contributed by atoms with van der Waals surface area (Å²) in [4.78, 5) is 6.12. The highest BCUT2D eigenvalue weighted by molar-refractivity contribution is 7.11. The summed E-state index contributed by atoms with van der Waals surface area (Å²) >= 11 is 1.86. The Morgan fingerprint density at radius 2 is 2.38 bits per heavy atom. The molecule has 1 aliphatic heterocycles. The number of aryl methyl sites for hydroxylation is 1. The maximum absolute atomic E-state index is 4.65. The van der Waals surface area contributed by atoms with E-state index >= 15 is 0 Å². The van der Waals surface area contributed by atoms with E-state index in [4.69, 9.17) is 0 Å². The predicted octanol–water partition coefficient (Wildman–Crippen LogP) is 1.67. The highest BCUT2D eigenvalue weighted by Gasteiger charge is 2.40. The van der Waals surface area contributed by atoms with Gasteiger partial charge in [0.25, 0.3) is 0 Å². The fraction of sp³-hybridized carbons (Fsp3) is 0.750. The Kier molecular flexibility index (Phi) is 3.33. The Labute approximate surface area is 102 Å². The highest BCUT2D eigenvalue weighted by Crippen LogP contribution is 2.39. The minimum absolute atomic E-state index is 0.262. The molecule has 3 nitrogen and oxygen atoms in total. The maximum atomic E-state index is 4.65. The summed E-state index contributed by atoms with van der Waals surface area (Å²) in [6, 6.07) is 0. The number of nitrogens with one attached hydrogen (secondary N) is 2. The molecule has 1 fully saturated rings. The Hall–Kier alpha value is -0.450. The molecule has 0 aliphatic carbocycles. The van der Waals surface area contributed by atoms with Gasteiger partial charge < -0.3 is 10.6 Å². The largest absolute Gasteiger partial charge is 0.316 e. The molecule has 4 heteroatoms. The molecule has 0 aromatic carbocycles. The molecule has 2 heterocycles. The van der Waals surface area contributed by atoms with Crippen molar-refractivity contribution >= 4 is 11.3 Å². The average molecular weight is 239 g/mol. The fourth-order valence-electron chi connectivity index (χ4n) is 2.46. The number of rotatable bonds is 3. The quantitative estimate of drug-likeness (QED) is 0.842. The minimum Gasteiger partial charge on any atom is -0.316 e. The van der Waals surface area contributed by atoms with E-state index in [-0.39, 0.29) is 5.41 Å². The van der Waals surface area contributed by atoms with Gasteiger partial charge in [-0.05, 0) is 26.4 Å². The molecule has 1 aromatic heterocycles. The van der Waals surface area contributed by atoms with Gasteiger partial charge in [0.1, 0.15) is 0 Å². The molecule has 1 aromatic rings. The van der Waals surface area contributed by atoms with E-state index in [0.717, 1.165) is 19.6 Å². The van der Waals surface area contributed by atoms with Gasteiger partial charge in [0.15, 0.2) is 0 Å². The van der Waals surface area contributed by atoms with Crippen LogP contribution in [0.2, 0.25) is 0 Å². The minimum atomic E-state index is 0.262. The van der Waals surface area contributed by atoms with Crippen molar-refractivity contribution in [1.82, 2.24) is 15.6 Å². The van der Waals surface area contributed by atoms with Gasteiger partial charge in [-0.25, -0.2) is 4.98 Å². The third-order valence-electron chi connectivity index (χ3n) is 3.70. The number of aromatic nitrogens is 1. The topological polar surface area (TPSA) is 37.0 Å². The van der Waals surface area contributed by atoms with Gasteiger partial charge in [-0.2, -0.15) is 0 Å². The molecule has 2 N–H and O–H groups in total. The van der Waals surface area contributed by atoms with Crippen molar-refractivity contribution in [3.63, 3.8) is 0 Å². The molecule has 1 aliphatic rings. The lowest BCUT2D eigenvalue weighted by Crippen LogP contribution is -2.30. The van der Waals surface area contributed by atoms with Gasteiger partial charge >= 0.3 is 0 Å². The number of hydrogen-bond acceptors (Lipinski definition) is 4. The van der Waals surface area contributed by atoms with Crippen LogP contribution in [0.15, 0.2) is 0 Å². The lowest BCUT2D eigenvalue weighted by atomic mass is 9.79. The van der Waals surface area contributed by atoms with Crippen molar-refractivity contribution in [1.29, 1.82) is 0 Å². The molecular weight excluding hydrogens is 218 g/mol. The van der Waals surface area contributed by atoms with Crippen molar-refractivity contribution in [2.75, 3.05) is 20.1 Å². The molecule has 2 rings (SSSR count). The molecule has 1 saturated heterocycles. The first-order valence-corrected chi connectivity index (χ1v) is 6.71. The summed E-state index contributed by atoms with van der Waals surface area (Å²) in [6.45, 7) is 9.87. The van der Waals surface area contributed by atoms with Crippen LogP contribution in [0.3, 0.4) is 0 Å². The smallest absolute Gasteiger partial charge is 0.0900 e. The maximum Gasteiger partial charge on any atom is 0.0900 e. The highest BCUT2D eigenvalue weighted by atomic mass is 32.1. The molecule has 0 saturated carbocycles. The monoisotopic (exact) mass is 239 g/mol. The number of nitrogens with zero attached hydrogens (tertiary/aromatic N) is 1. The summed E-state index contributed by atoms with van der Waals surface area (Å²) in [6.07, 6.45) is 0. The predicted molar refractivity (Wildman–Crippen MR) is 69.0 cm³/mol. The van der Waals surface area contributed by atoms with E-state index < -0.39 is 0 Å². The van der Waals surface area contributed by atoms with Crippen LogP contribution in [0.4, 0.5) is 0 Å². The van der Waals surface area contributed by atoms with E-state index in [9.17, 15) is 0 Å². The van der Waals surface area contributed by atoms with Crippen LogP contribution in [0.1, 0.15) is 29.4 Å². The Morgan fingerprint density at radius 3 is 2.94 bits per heavy atom. The molecule has 16 heavy (non-hydrogen) atoms. The van der Waals surface area contributed by atoms with Crippen molar-refractivity contribution in [2.45, 2.75) is 32.7 Å². The molecule has 0 amide bonds. The zero-order valence-corrected chi connectivity index (χ0v) is 11.4. The van der Waals surface area contributed by atoms with Crippen molar-refractivity contribution in [2.24, 2.45) is 5.92 Å². The van der Waals surface area contributed by atoms with Gasteiger partial charge in [-0.3, -0.25) is 0 Å². The van der Waals surface area contributed by atoms with E-state index in [1.165, 1.54) is 15.6 Å². The Balaban J connectivity index is 2.38. The summed E-state index contributed by atoms with van der Waals surface area (Å²) in [5.74, 6) is 0.683. The standard InChI is InChI=1S/C12H21N3S/c1-8-5-14-7-12(8,3)11-10(6-13-4)15-9(2)16-11/h8,13-14H,5-7H2,1-4H3.